The van der Waals surface area contributed by atoms with E-state index in [4.69, 9.17) is 25.8 Å². The highest BCUT2D eigenvalue weighted by molar-refractivity contribution is 6.18. The van der Waals surface area contributed by atoms with Crippen LogP contribution in [0.2, 0.25) is 0 Å². The second kappa shape index (κ2) is 5.87. The van der Waals surface area contributed by atoms with Crippen molar-refractivity contribution in [3.05, 3.63) is 12.1 Å². The molecule has 1 aromatic carbocycles. The number of ether oxygens (including phenoxy) is 3. The molecular weight excluding hydrogens is 300 g/mol. The molecular formula is C13H15ClN2O5. The lowest BCUT2D eigenvalue weighted by atomic mass is 10.2. The Morgan fingerprint density at radius 3 is 2.76 bits per heavy atom. The number of amides is 1. The van der Waals surface area contributed by atoms with Crippen LogP contribution in [-0.4, -0.2) is 49.7 Å². The minimum Gasteiger partial charge on any atom is -0.454 e. The van der Waals surface area contributed by atoms with Gasteiger partial charge in [0.1, 0.15) is 6.61 Å². The standard InChI is InChI=1S/C13H15ClN2O5/c14-5-8(17)6-15-9-3-11-12(21-7-20-11)4-10(9)16-1-2-19-13(16)18/h3-4,8,15,17H,1-2,5-7H2. The summed E-state index contributed by atoms with van der Waals surface area (Å²) in [5, 5.41) is 12.6. The van der Waals surface area contributed by atoms with E-state index in [0.717, 1.165) is 0 Å². The molecule has 114 valence electrons. The summed E-state index contributed by atoms with van der Waals surface area (Å²) in [6.45, 7) is 1.22. The first kappa shape index (κ1) is 14.1. The Bertz CT molecular complexity index is 554. The van der Waals surface area contributed by atoms with Crippen LogP contribution in [0.1, 0.15) is 0 Å². The van der Waals surface area contributed by atoms with Gasteiger partial charge in [-0.25, -0.2) is 4.79 Å². The Kier molecular flexibility index (Phi) is 3.94. The second-order valence-electron chi connectivity index (χ2n) is 4.68. The summed E-state index contributed by atoms with van der Waals surface area (Å²) in [5.41, 5.74) is 1.28. The van der Waals surface area contributed by atoms with Crippen LogP contribution in [0.15, 0.2) is 12.1 Å². The Hall–Kier alpha value is -1.86. The molecule has 0 aliphatic carbocycles. The summed E-state index contributed by atoms with van der Waals surface area (Å²) in [6.07, 6.45) is -1.09. The number of nitrogens with zero attached hydrogens (tertiary/aromatic N) is 1. The molecule has 1 amide bonds. The normalized spacial score (nSPS) is 17.8. The van der Waals surface area contributed by atoms with Gasteiger partial charge >= 0.3 is 6.09 Å². The third-order valence-corrected chi connectivity index (χ3v) is 3.61. The molecule has 0 aromatic heterocycles. The fourth-order valence-electron chi connectivity index (χ4n) is 2.19. The minimum absolute atomic E-state index is 0.124. The highest BCUT2D eigenvalue weighted by Crippen LogP contribution is 2.41. The highest BCUT2D eigenvalue weighted by atomic mass is 35.5. The van der Waals surface area contributed by atoms with Crippen molar-refractivity contribution in [2.45, 2.75) is 6.10 Å². The first-order chi connectivity index (χ1) is 10.2. The number of carbonyl (C=O) groups excluding carboxylic acids is 1. The van der Waals surface area contributed by atoms with E-state index in [-0.39, 0.29) is 19.2 Å². The van der Waals surface area contributed by atoms with E-state index in [1.54, 1.807) is 12.1 Å². The second-order valence-corrected chi connectivity index (χ2v) is 4.99. The number of hydrogen-bond acceptors (Lipinski definition) is 6. The fourth-order valence-corrected chi connectivity index (χ4v) is 2.30. The molecule has 0 radical (unpaired) electrons. The Morgan fingerprint density at radius 1 is 1.33 bits per heavy atom. The van der Waals surface area contributed by atoms with Crippen molar-refractivity contribution in [2.24, 2.45) is 0 Å². The van der Waals surface area contributed by atoms with Gasteiger partial charge in [0.25, 0.3) is 0 Å². The largest absolute Gasteiger partial charge is 0.454 e. The molecule has 1 aromatic rings. The van der Waals surface area contributed by atoms with Gasteiger partial charge in [-0.1, -0.05) is 0 Å². The van der Waals surface area contributed by atoms with E-state index >= 15 is 0 Å². The smallest absolute Gasteiger partial charge is 0.414 e. The average Bonchev–Trinajstić information content (AvgIpc) is 3.11. The van der Waals surface area contributed by atoms with Gasteiger partial charge in [0, 0.05) is 18.7 Å². The first-order valence-corrected chi connectivity index (χ1v) is 7.08. The molecule has 1 unspecified atom stereocenters. The number of fused-ring (bicyclic) bond motifs is 1. The third-order valence-electron chi connectivity index (χ3n) is 3.25. The lowest BCUT2D eigenvalue weighted by molar-refractivity contribution is 0.174. The zero-order valence-corrected chi connectivity index (χ0v) is 11.9. The van der Waals surface area contributed by atoms with E-state index in [9.17, 15) is 9.90 Å². The number of benzene rings is 1. The topological polar surface area (TPSA) is 80.3 Å². The number of alkyl halides is 1. The number of halogens is 1. The van der Waals surface area contributed by atoms with Crippen molar-refractivity contribution >= 4 is 29.1 Å². The maximum atomic E-state index is 11.8. The zero-order chi connectivity index (χ0) is 14.8. The summed E-state index contributed by atoms with van der Waals surface area (Å²) in [6, 6.07) is 3.47. The van der Waals surface area contributed by atoms with Gasteiger partial charge in [0.05, 0.1) is 29.9 Å². The van der Waals surface area contributed by atoms with E-state index in [2.05, 4.69) is 5.32 Å². The van der Waals surface area contributed by atoms with Gasteiger partial charge in [-0.05, 0) is 0 Å². The summed E-state index contributed by atoms with van der Waals surface area (Å²) in [7, 11) is 0. The monoisotopic (exact) mass is 314 g/mol. The van der Waals surface area contributed by atoms with Crippen LogP contribution in [0.5, 0.6) is 11.5 Å². The highest BCUT2D eigenvalue weighted by Gasteiger charge is 2.28. The number of nitrogens with one attached hydrogen (secondary N) is 1. The maximum Gasteiger partial charge on any atom is 0.414 e. The van der Waals surface area contributed by atoms with Crippen molar-refractivity contribution in [1.29, 1.82) is 0 Å². The third kappa shape index (κ3) is 2.79. The molecule has 0 saturated carbocycles. The predicted molar refractivity (Wildman–Crippen MR) is 76.5 cm³/mol. The van der Waals surface area contributed by atoms with Crippen LogP contribution in [0.3, 0.4) is 0 Å². The molecule has 2 aliphatic rings. The fraction of sp³-hybridized carbons (Fsp3) is 0.462. The lowest BCUT2D eigenvalue weighted by Gasteiger charge is -2.20. The van der Waals surface area contributed by atoms with Crippen LogP contribution < -0.4 is 19.7 Å². The summed E-state index contributed by atoms with van der Waals surface area (Å²) < 4.78 is 15.6. The Balaban J connectivity index is 1.90. The van der Waals surface area contributed by atoms with Gasteiger partial charge in [-0.15, -0.1) is 11.6 Å². The number of aliphatic hydroxyl groups is 1. The molecule has 2 aliphatic heterocycles. The van der Waals surface area contributed by atoms with E-state index in [1.807, 2.05) is 0 Å². The van der Waals surface area contributed by atoms with Gasteiger partial charge in [-0.2, -0.15) is 0 Å². The van der Waals surface area contributed by atoms with Gasteiger partial charge in [0.15, 0.2) is 11.5 Å². The molecule has 0 spiro atoms. The number of cyclic esters (lactones) is 1. The van der Waals surface area contributed by atoms with Crippen molar-refractivity contribution in [3.8, 4) is 11.5 Å². The van der Waals surface area contributed by atoms with E-state index in [1.165, 1.54) is 4.90 Å². The minimum atomic E-state index is -0.685. The molecule has 0 bridgehead atoms. The average molecular weight is 315 g/mol. The summed E-state index contributed by atoms with van der Waals surface area (Å²) in [4.78, 5) is 13.3. The molecule has 7 nitrogen and oxygen atoms in total. The van der Waals surface area contributed by atoms with Crippen LogP contribution in [0.25, 0.3) is 0 Å². The number of anilines is 2. The SMILES string of the molecule is O=C1OCCN1c1cc2c(cc1NCC(O)CCl)OCO2. The molecule has 8 heteroatoms. The molecule has 2 N–H and O–H groups in total. The van der Waals surface area contributed by atoms with Gasteiger partial charge in [-0.3, -0.25) is 4.90 Å². The molecule has 21 heavy (non-hydrogen) atoms. The zero-order valence-electron chi connectivity index (χ0n) is 11.2. The molecule has 1 atom stereocenters. The lowest BCUT2D eigenvalue weighted by Crippen LogP contribution is -2.26. The molecule has 3 rings (SSSR count). The maximum absolute atomic E-state index is 11.8. The first-order valence-electron chi connectivity index (χ1n) is 6.55. The Labute approximate surface area is 126 Å². The quantitative estimate of drug-likeness (QED) is 0.799. The molecule has 1 fully saturated rings. The van der Waals surface area contributed by atoms with Crippen LogP contribution >= 0.6 is 11.6 Å². The van der Waals surface area contributed by atoms with Crippen molar-refractivity contribution < 1.29 is 24.1 Å². The Morgan fingerprint density at radius 2 is 2.10 bits per heavy atom. The van der Waals surface area contributed by atoms with Gasteiger partial charge < -0.3 is 24.6 Å². The number of hydrogen-bond donors (Lipinski definition) is 2. The van der Waals surface area contributed by atoms with E-state index < -0.39 is 12.2 Å². The van der Waals surface area contributed by atoms with E-state index in [0.29, 0.717) is 36.0 Å². The number of aliphatic hydroxyl groups excluding tert-OH is 1. The van der Waals surface area contributed by atoms with Crippen LogP contribution in [0.4, 0.5) is 16.2 Å². The summed E-state index contributed by atoms with van der Waals surface area (Å²) in [5.74, 6) is 1.29. The predicted octanol–water partition coefficient (Wildman–Crippen LogP) is 1.38. The van der Waals surface area contributed by atoms with Crippen molar-refractivity contribution in [2.75, 3.05) is 42.6 Å². The van der Waals surface area contributed by atoms with Crippen LogP contribution in [0, 0.1) is 0 Å². The van der Waals surface area contributed by atoms with Gasteiger partial charge in [0.2, 0.25) is 6.79 Å². The molecule has 2 heterocycles. The van der Waals surface area contributed by atoms with Crippen molar-refractivity contribution in [1.82, 2.24) is 0 Å². The molecule has 1 saturated heterocycles. The van der Waals surface area contributed by atoms with Crippen LogP contribution in [-0.2, 0) is 4.74 Å². The van der Waals surface area contributed by atoms with Crippen molar-refractivity contribution in [3.63, 3.8) is 0 Å². The number of rotatable bonds is 5. The summed E-state index contributed by atoms with van der Waals surface area (Å²) >= 11 is 5.58. The number of carbonyl (C=O) groups is 1.